The first kappa shape index (κ1) is 28.3. The number of ether oxygens (including phenoxy) is 1. The van der Waals surface area contributed by atoms with Gasteiger partial charge in [-0.3, -0.25) is 4.79 Å². The van der Waals surface area contributed by atoms with Gasteiger partial charge in [0.1, 0.15) is 18.1 Å². The molecule has 15 heteroatoms. The summed E-state index contributed by atoms with van der Waals surface area (Å²) >= 11 is 1.33. The highest BCUT2D eigenvalue weighted by Gasteiger charge is 2.41. The molecule has 2 aromatic carbocycles. The number of nitrogens with one attached hydrogen (secondary N) is 1. The Morgan fingerprint density at radius 2 is 1.81 bits per heavy atom. The fourth-order valence-corrected chi connectivity index (χ4v) is 7.33. The maximum atomic E-state index is 13.7. The molecule has 1 N–H and O–H groups in total. The van der Waals surface area contributed by atoms with Crippen LogP contribution in [0.15, 0.2) is 66.0 Å². The summed E-state index contributed by atoms with van der Waals surface area (Å²) in [6, 6.07) is 10.8. The predicted octanol–water partition coefficient (Wildman–Crippen LogP) is 4.06. The molecule has 6 rings (SSSR count). The molecule has 0 unspecified atom stereocenters. The molecule has 220 valence electrons. The first-order valence-corrected chi connectivity index (χ1v) is 15.4. The summed E-state index contributed by atoms with van der Waals surface area (Å²) in [4.78, 5) is 27.8. The number of alkyl halides is 3. The van der Waals surface area contributed by atoms with Crippen LogP contribution in [0.3, 0.4) is 0 Å². The number of halogens is 3. The lowest BCUT2D eigenvalue weighted by atomic mass is 10.1. The highest BCUT2D eigenvalue weighted by atomic mass is 32.2. The largest absolute Gasteiger partial charge is 0.573 e. The number of thiazole rings is 1. The number of hydrogen-bond acceptors (Lipinski definition) is 9. The summed E-state index contributed by atoms with van der Waals surface area (Å²) in [7, 11) is -4.27. The maximum absolute atomic E-state index is 13.7. The first-order chi connectivity index (χ1) is 20.1. The van der Waals surface area contributed by atoms with E-state index in [1.807, 2.05) is 29.2 Å². The molecule has 1 atom stereocenters. The van der Waals surface area contributed by atoms with Gasteiger partial charge in [-0.15, -0.1) is 13.2 Å². The number of carbonyl (C=O) groups excluding carboxylic acids is 1. The Bertz CT molecular complexity index is 1660. The van der Waals surface area contributed by atoms with Gasteiger partial charge in [0.2, 0.25) is 15.9 Å². The van der Waals surface area contributed by atoms with E-state index in [1.165, 1.54) is 36.1 Å². The number of benzene rings is 2. The van der Waals surface area contributed by atoms with Crippen LogP contribution in [0.1, 0.15) is 29.9 Å². The van der Waals surface area contributed by atoms with Crippen molar-refractivity contribution in [2.24, 2.45) is 0 Å². The van der Waals surface area contributed by atoms with Crippen LogP contribution in [-0.4, -0.2) is 65.6 Å². The Labute approximate surface area is 243 Å². The molecule has 1 aliphatic heterocycles. The van der Waals surface area contributed by atoms with Crippen molar-refractivity contribution in [3.8, 4) is 5.75 Å². The van der Waals surface area contributed by atoms with Crippen LogP contribution in [0.25, 0.3) is 10.3 Å². The molecule has 4 aromatic rings. The Balaban J connectivity index is 1.24. The van der Waals surface area contributed by atoms with Gasteiger partial charge in [0, 0.05) is 32.4 Å². The lowest BCUT2D eigenvalue weighted by Gasteiger charge is -2.39. The fourth-order valence-electron chi connectivity index (χ4n) is 4.83. The van der Waals surface area contributed by atoms with Crippen molar-refractivity contribution in [3.05, 3.63) is 72.2 Å². The van der Waals surface area contributed by atoms with E-state index < -0.39 is 34.1 Å². The number of hydrogen-bond donors (Lipinski definition) is 1. The molecule has 0 spiro atoms. The monoisotopic (exact) mass is 618 g/mol. The third-order valence-corrected chi connectivity index (χ3v) is 10.1. The fraction of sp³-hybridized carbons (Fsp3) is 0.333. The average Bonchev–Trinajstić information content (AvgIpc) is 3.73. The molecule has 1 saturated carbocycles. The second-order valence-electron chi connectivity index (χ2n) is 10.0. The van der Waals surface area contributed by atoms with E-state index in [-0.39, 0.29) is 31.1 Å². The Morgan fingerprint density at radius 1 is 1.07 bits per heavy atom. The van der Waals surface area contributed by atoms with E-state index in [2.05, 4.69) is 25.0 Å². The normalized spacial score (nSPS) is 18.3. The molecule has 1 aliphatic carbocycles. The van der Waals surface area contributed by atoms with E-state index in [1.54, 1.807) is 6.20 Å². The summed E-state index contributed by atoms with van der Waals surface area (Å²) < 4.78 is 70.9. The predicted molar refractivity (Wildman–Crippen MR) is 148 cm³/mol. The number of nitrogens with zero attached hydrogens (tertiary/aromatic N) is 5. The van der Waals surface area contributed by atoms with Crippen LogP contribution in [0.2, 0.25) is 0 Å². The van der Waals surface area contributed by atoms with Crippen molar-refractivity contribution in [1.82, 2.24) is 24.6 Å². The van der Waals surface area contributed by atoms with Gasteiger partial charge in [0.05, 0.1) is 9.60 Å². The summed E-state index contributed by atoms with van der Waals surface area (Å²) in [5, 5.41) is 3.44. The number of anilines is 1. The van der Waals surface area contributed by atoms with Gasteiger partial charge in [0.25, 0.3) is 0 Å². The minimum Gasteiger partial charge on any atom is -0.406 e. The third kappa shape index (κ3) is 6.17. The van der Waals surface area contributed by atoms with E-state index in [0.29, 0.717) is 16.7 Å². The summed E-state index contributed by atoms with van der Waals surface area (Å²) in [5.41, 5.74) is 2.63. The van der Waals surface area contributed by atoms with Crippen LogP contribution in [0.4, 0.5) is 18.3 Å². The molecule has 2 aromatic heterocycles. The number of sulfonamides is 1. The first-order valence-electron chi connectivity index (χ1n) is 13.1. The number of piperazine rings is 1. The minimum atomic E-state index is -4.91. The standard InChI is InChI=1S/C27H25F3N6O4S2/c28-27(29,30)40-20-7-9-21(10-8-20)42(38,39)36-12-11-35(26-34-24-23(41-26)14-31-16-33-24)15-22(36)25(37)32-13-17-1-3-18(4-2-17)19-5-6-19/h1-4,7-10,14,16,19,22H,5-6,11-13,15H2,(H,32,37)/t22-/m1/s1. The number of rotatable bonds is 8. The van der Waals surface area contributed by atoms with Crippen LogP contribution >= 0.6 is 11.3 Å². The quantitative estimate of drug-likeness (QED) is 0.314. The van der Waals surface area contributed by atoms with Crippen LogP contribution in [0, 0.1) is 0 Å². The van der Waals surface area contributed by atoms with Crippen LogP contribution in [0.5, 0.6) is 5.75 Å². The molecule has 1 amide bonds. The van der Waals surface area contributed by atoms with Crippen LogP contribution in [-0.2, 0) is 21.4 Å². The second kappa shape index (κ2) is 11.1. The topological polar surface area (TPSA) is 118 Å². The number of fused-ring (bicyclic) bond motifs is 1. The van der Waals surface area contributed by atoms with Crippen molar-refractivity contribution < 1.29 is 31.1 Å². The van der Waals surface area contributed by atoms with Gasteiger partial charge in [-0.05, 0) is 54.2 Å². The molecule has 2 aliphatic rings. The zero-order chi connectivity index (χ0) is 29.5. The number of aromatic nitrogens is 3. The zero-order valence-electron chi connectivity index (χ0n) is 22.0. The Hall–Kier alpha value is -3.82. The van der Waals surface area contributed by atoms with Gasteiger partial charge >= 0.3 is 6.36 Å². The average molecular weight is 619 g/mol. The van der Waals surface area contributed by atoms with Crippen molar-refractivity contribution in [3.63, 3.8) is 0 Å². The lowest BCUT2D eigenvalue weighted by Crippen LogP contribution is -2.60. The summed E-state index contributed by atoms with van der Waals surface area (Å²) in [5.74, 6) is -0.456. The zero-order valence-corrected chi connectivity index (χ0v) is 23.6. The van der Waals surface area contributed by atoms with Gasteiger partial charge in [-0.2, -0.15) is 9.29 Å². The molecule has 42 heavy (non-hydrogen) atoms. The Morgan fingerprint density at radius 3 is 2.48 bits per heavy atom. The van der Waals surface area contributed by atoms with Gasteiger partial charge in [-0.1, -0.05) is 35.6 Å². The summed E-state index contributed by atoms with van der Waals surface area (Å²) in [6.07, 6.45) is 0.462. The van der Waals surface area contributed by atoms with Crippen molar-refractivity contribution in [1.29, 1.82) is 0 Å². The molecular formula is C27H25F3N6O4S2. The van der Waals surface area contributed by atoms with E-state index >= 15 is 0 Å². The smallest absolute Gasteiger partial charge is 0.406 e. The van der Waals surface area contributed by atoms with E-state index in [0.717, 1.165) is 38.8 Å². The van der Waals surface area contributed by atoms with Crippen molar-refractivity contribution in [2.75, 3.05) is 24.5 Å². The van der Waals surface area contributed by atoms with Crippen LogP contribution < -0.4 is 15.0 Å². The van der Waals surface area contributed by atoms with Gasteiger partial charge < -0.3 is 15.0 Å². The molecule has 10 nitrogen and oxygen atoms in total. The molecule has 3 heterocycles. The minimum absolute atomic E-state index is 0.00813. The highest BCUT2D eigenvalue weighted by molar-refractivity contribution is 7.89. The third-order valence-electron chi connectivity index (χ3n) is 7.13. The molecule has 0 bridgehead atoms. The molecular weight excluding hydrogens is 593 g/mol. The summed E-state index contributed by atoms with van der Waals surface area (Å²) in [6.45, 7) is 0.385. The lowest BCUT2D eigenvalue weighted by molar-refractivity contribution is -0.274. The van der Waals surface area contributed by atoms with Gasteiger partial charge in [-0.25, -0.2) is 18.4 Å². The molecule has 0 radical (unpaired) electrons. The second-order valence-corrected chi connectivity index (χ2v) is 12.9. The highest BCUT2D eigenvalue weighted by Crippen LogP contribution is 2.40. The SMILES string of the molecule is O=C(NCc1ccc(C2CC2)cc1)[C@H]1CN(c2nc3ncncc3s2)CCN1S(=O)(=O)c1ccc(OC(F)(F)F)cc1. The van der Waals surface area contributed by atoms with Gasteiger partial charge in [0.15, 0.2) is 10.8 Å². The van der Waals surface area contributed by atoms with E-state index in [4.69, 9.17) is 0 Å². The Kier molecular flexibility index (Phi) is 7.49. The molecule has 2 fully saturated rings. The number of amides is 1. The van der Waals surface area contributed by atoms with Crippen molar-refractivity contribution >= 4 is 42.7 Å². The van der Waals surface area contributed by atoms with E-state index in [9.17, 15) is 26.4 Å². The number of carbonyl (C=O) groups is 1. The van der Waals surface area contributed by atoms with Crippen molar-refractivity contribution in [2.45, 2.75) is 42.6 Å². The maximum Gasteiger partial charge on any atom is 0.573 e. The molecule has 1 saturated heterocycles.